The third kappa shape index (κ3) is 5.22. The van der Waals surface area contributed by atoms with Crippen molar-refractivity contribution in [2.75, 3.05) is 18.9 Å². The summed E-state index contributed by atoms with van der Waals surface area (Å²) in [6.45, 7) is 0.299. The molecule has 2 aromatic rings. The van der Waals surface area contributed by atoms with Gasteiger partial charge in [0.15, 0.2) is 0 Å². The number of aliphatic hydroxyl groups is 1. The molecule has 112 valence electrons. The summed E-state index contributed by atoms with van der Waals surface area (Å²) < 4.78 is 12.8. The van der Waals surface area contributed by atoms with Crippen molar-refractivity contribution in [3.8, 4) is 11.5 Å². The van der Waals surface area contributed by atoms with Crippen LogP contribution in [-0.2, 0) is 0 Å². The Balaban J connectivity index is 1.79. The number of halogens is 2. The van der Waals surface area contributed by atoms with Gasteiger partial charge in [-0.15, -0.1) is 0 Å². The second-order valence-corrected chi connectivity index (χ2v) is 6.19. The summed E-state index contributed by atoms with van der Waals surface area (Å²) in [5, 5.41) is 9.87. The highest BCUT2D eigenvalue weighted by Crippen LogP contribution is 2.28. The Morgan fingerprint density at radius 2 is 1.67 bits per heavy atom. The van der Waals surface area contributed by atoms with Crippen LogP contribution in [0.3, 0.4) is 0 Å². The zero-order chi connectivity index (χ0) is 15.2. The molecule has 0 radical (unpaired) electrons. The van der Waals surface area contributed by atoms with Gasteiger partial charge in [0, 0.05) is 10.2 Å². The Morgan fingerprint density at radius 3 is 2.33 bits per heavy atom. The Bertz CT molecular complexity index is 590. The minimum Gasteiger partial charge on any atom is -0.491 e. The van der Waals surface area contributed by atoms with E-state index in [0.29, 0.717) is 17.2 Å². The van der Waals surface area contributed by atoms with Crippen molar-refractivity contribution < 1.29 is 14.6 Å². The van der Waals surface area contributed by atoms with Crippen LogP contribution in [0, 0.1) is 0 Å². The van der Waals surface area contributed by atoms with Crippen LogP contribution in [0.15, 0.2) is 51.4 Å². The van der Waals surface area contributed by atoms with E-state index >= 15 is 0 Å². The van der Waals surface area contributed by atoms with E-state index in [9.17, 15) is 5.11 Å². The van der Waals surface area contributed by atoms with E-state index in [0.717, 1.165) is 8.95 Å². The first kappa shape index (κ1) is 16.1. The van der Waals surface area contributed by atoms with Gasteiger partial charge < -0.3 is 20.3 Å². The lowest BCUT2D eigenvalue weighted by Gasteiger charge is -2.14. The van der Waals surface area contributed by atoms with Crippen molar-refractivity contribution in [2.45, 2.75) is 6.10 Å². The van der Waals surface area contributed by atoms with Crippen LogP contribution in [0.25, 0.3) is 0 Å². The zero-order valence-electron chi connectivity index (χ0n) is 11.1. The number of benzene rings is 2. The van der Waals surface area contributed by atoms with Gasteiger partial charge in [0.25, 0.3) is 0 Å². The Hall–Kier alpha value is -1.24. The van der Waals surface area contributed by atoms with Gasteiger partial charge in [-0.3, -0.25) is 0 Å². The first-order chi connectivity index (χ1) is 10.0. The molecule has 21 heavy (non-hydrogen) atoms. The van der Waals surface area contributed by atoms with Gasteiger partial charge in [-0.1, -0.05) is 15.9 Å². The number of hydrogen-bond donors (Lipinski definition) is 2. The van der Waals surface area contributed by atoms with Gasteiger partial charge in [0.1, 0.15) is 30.8 Å². The summed E-state index contributed by atoms with van der Waals surface area (Å²) >= 11 is 6.77. The van der Waals surface area contributed by atoms with Crippen molar-refractivity contribution >= 4 is 37.5 Å². The summed E-state index contributed by atoms with van der Waals surface area (Å²) in [7, 11) is 0. The monoisotopic (exact) mass is 415 g/mol. The number of ether oxygens (including phenoxy) is 2. The lowest BCUT2D eigenvalue weighted by Crippen LogP contribution is -2.25. The van der Waals surface area contributed by atoms with Gasteiger partial charge in [0.2, 0.25) is 0 Å². The second-order valence-electron chi connectivity index (χ2n) is 4.42. The maximum Gasteiger partial charge on any atom is 0.133 e. The van der Waals surface area contributed by atoms with Crippen LogP contribution in [0.4, 0.5) is 5.69 Å². The lowest BCUT2D eigenvalue weighted by atomic mass is 10.3. The van der Waals surface area contributed by atoms with E-state index in [2.05, 4.69) is 31.9 Å². The average molecular weight is 417 g/mol. The SMILES string of the molecule is Nc1ccc(OCC(O)COc2ccc(Br)cc2Br)cc1. The van der Waals surface area contributed by atoms with Crippen molar-refractivity contribution in [1.82, 2.24) is 0 Å². The molecule has 0 heterocycles. The Labute approximate surface area is 140 Å². The maximum absolute atomic E-state index is 9.87. The molecule has 0 aliphatic heterocycles. The molecular weight excluding hydrogens is 402 g/mol. The van der Waals surface area contributed by atoms with Crippen LogP contribution in [0.2, 0.25) is 0 Å². The number of nitrogens with two attached hydrogens (primary N) is 1. The van der Waals surface area contributed by atoms with Gasteiger partial charge >= 0.3 is 0 Å². The first-order valence-electron chi connectivity index (χ1n) is 6.29. The maximum atomic E-state index is 9.87. The molecule has 3 N–H and O–H groups in total. The summed E-state index contributed by atoms with van der Waals surface area (Å²) in [5.41, 5.74) is 6.26. The molecule has 2 aromatic carbocycles. The van der Waals surface area contributed by atoms with Crippen LogP contribution >= 0.6 is 31.9 Å². The van der Waals surface area contributed by atoms with Crippen LogP contribution < -0.4 is 15.2 Å². The molecule has 6 heteroatoms. The molecule has 0 spiro atoms. The number of nitrogen functional groups attached to an aromatic ring is 1. The molecule has 1 unspecified atom stereocenters. The molecule has 0 fully saturated rings. The molecule has 4 nitrogen and oxygen atoms in total. The Morgan fingerprint density at radius 1 is 1.00 bits per heavy atom. The van der Waals surface area contributed by atoms with E-state index in [1.807, 2.05) is 18.2 Å². The summed E-state index contributed by atoms with van der Waals surface area (Å²) in [4.78, 5) is 0. The summed E-state index contributed by atoms with van der Waals surface area (Å²) in [6.07, 6.45) is -0.724. The molecule has 2 rings (SSSR count). The normalized spacial score (nSPS) is 12.0. The second kappa shape index (κ2) is 7.68. The van der Waals surface area contributed by atoms with Gasteiger partial charge in [-0.05, 0) is 58.4 Å². The van der Waals surface area contributed by atoms with Crippen molar-refractivity contribution in [2.24, 2.45) is 0 Å². The third-order valence-corrected chi connectivity index (χ3v) is 3.76. The van der Waals surface area contributed by atoms with Crippen LogP contribution in [0.1, 0.15) is 0 Å². The quantitative estimate of drug-likeness (QED) is 0.706. The molecule has 0 aliphatic rings. The minimum atomic E-state index is -0.724. The van der Waals surface area contributed by atoms with Crippen molar-refractivity contribution in [3.05, 3.63) is 51.4 Å². The predicted octanol–water partition coefficient (Wildman–Crippen LogP) is 3.61. The number of rotatable bonds is 6. The molecule has 0 bridgehead atoms. The zero-order valence-corrected chi connectivity index (χ0v) is 14.3. The van der Waals surface area contributed by atoms with Crippen LogP contribution in [0.5, 0.6) is 11.5 Å². The van der Waals surface area contributed by atoms with Gasteiger partial charge in [-0.25, -0.2) is 0 Å². The van der Waals surface area contributed by atoms with Crippen molar-refractivity contribution in [3.63, 3.8) is 0 Å². The fraction of sp³-hybridized carbons (Fsp3) is 0.200. The molecule has 0 amide bonds. The van der Waals surface area contributed by atoms with Gasteiger partial charge in [-0.2, -0.15) is 0 Å². The first-order valence-corrected chi connectivity index (χ1v) is 7.87. The highest BCUT2D eigenvalue weighted by Gasteiger charge is 2.08. The van der Waals surface area contributed by atoms with Gasteiger partial charge in [0.05, 0.1) is 4.47 Å². The highest BCUT2D eigenvalue weighted by molar-refractivity contribution is 9.11. The lowest BCUT2D eigenvalue weighted by molar-refractivity contribution is 0.0624. The molecule has 0 aliphatic carbocycles. The van der Waals surface area contributed by atoms with E-state index in [1.54, 1.807) is 24.3 Å². The number of hydrogen-bond acceptors (Lipinski definition) is 4. The highest BCUT2D eigenvalue weighted by atomic mass is 79.9. The number of anilines is 1. The number of aliphatic hydroxyl groups excluding tert-OH is 1. The fourth-order valence-corrected chi connectivity index (χ4v) is 2.74. The molecule has 1 atom stereocenters. The molecule has 0 saturated heterocycles. The summed E-state index contributed by atoms with van der Waals surface area (Å²) in [5.74, 6) is 1.33. The fourth-order valence-electron chi connectivity index (χ4n) is 1.58. The van der Waals surface area contributed by atoms with E-state index in [1.165, 1.54) is 0 Å². The third-order valence-electron chi connectivity index (χ3n) is 2.65. The summed E-state index contributed by atoms with van der Waals surface area (Å²) in [6, 6.07) is 12.6. The standard InChI is InChI=1S/C15H15Br2NO3/c16-10-1-6-15(14(17)7-10)21-9-12(19)8-20-13-4-2-11(18)3-5-13/h1-7,12,19H,8-9,18H2. The minimum absolute atomic E-state index is 0.148. The van der Waals surface area contributed by atoms with E-state index < -0.39 is 6.10 Å². The smallest absolute Gasteiger partial charge is 0.133 e. The van der Waals surface area contributed by atoms with Crippen LogP contribution in [-0.4, -0.2) is 24.4 Å². The molecule has 0 saturated carbocycles. The molecule has 0 aromatic heterocycles. The Kier molecular flexibility index (Phi) is 5.90. The largest absolute Gasteiger partial charge is 0.491 e. The predicted molar refractivity (Wildman–Crippen MR) is 89.7 cm³/mol. The van der Waals surface area contributed by atoms with E-state index in [4.69, 9.17) is 15.2 Å². The average Bonchev–Trinajstić information content (AvgIpc) is 2.46. The topological polar surface area (TPSA) is 64.7 Å². The van der Waals surface area contributed by atoms with Crippen molar-refractivity contribution in [1.29, 1.82) is 0 Å². The van der Waals surface area contributed by atoms with E-state index in [-0.39, 0.29) is 13.2 Å². The molecular formula is C15H15Br2NO3.